The average molecular weight is 465 g/mol. The molecule has 2 heterocycles. The van der Waals surface area contributed by atoms with Crippen molar-refractivity contribution < 1.29 is 4.42 Å². The van der Waals surface area contributed by atoms with E-state index < -0.39 is 0 Å². The largest absolute Gasteiger partial charge is 0.440 e. The van der Waals surface area contributed by atoms with E-state index in [4.69, 9.17) is 4.42 Å². The maximum absolute atomic E-state index is 6.08. The van der Waals surface area contributed by atoms with Crippen LogP contribution in [0.1, 0.15) is 5.56 Å². The maximum atomic E-state index is 6.08. The molecule has 0 saturated heterocycles. The Labute approximate surface area is 209 Å². The van der Waals surface area contributed by atoms with Crippen molar-refractivity contribution in [2.45, 2.75) is 0 Å². The number of anilines is 4. The van der Waals surface area contributed by atoms with Gasteiger partial charge in [0.2, 0.25) is 5.88 Å². The molecular formula is C33H24N2O. The van der Waals surface area contributed by atoms with Crippen LogP contribution in [0.3, 0.4) is 0 Å². The van der Waals surface area contributed by atoms with Crippen molar-refractivity contribution in [3.05, 3.63) is 127 Å². The minimum absolute atomic E-state index is 0.788. The second kappa shape index (κ2) is 8.47. The lowest BCUT2D eigenvalue weighted by molar-refractivity contribution is 0.628. The topological polar surface area (TPSA) is 28.4 Å². The van der Waals surface area contributed by atoms with Crippen LogP contribution < -0.4 is 10.2 Å². The zero-order valence-corrected chi connectivity index (χ0v) is 19.7. The molecule has 6 aromatic rings. The van der Waals surface area contributed by atoms with Crippen molar-refractivity contribution in [3.8, 4) is 11.1 Å². The molecule has 1 aromatic heterocycles. The van der Waals surface area contributed by atoms with Gasteiger partial charge in [-0.1, -0.05) is 84.9 Å². The molecule has 0 radical (unpaired) electrons. The molecule has 0 aliphatic carbocycles. The highest BCUT2D eigenvalue weighted by atomic mass is 16.3. The molecule has 36 heavy (non-hydrogen) atoms. The molecule has 0 spiro atoms. The summed E-state index contributed by atoms with van der Waals surface area (Å²) in [6.07, 6.45) is 4.28. The first-order valence-corrected chi connectivity index (χ1v) is 12.2. The summed E-state index contributed by atoms with van der Waals surface area (Å²) in [4.78, 5) is 2.32. The third-order valence-electron chi connectivity index (χ3n) is 6.86. The van der Waals surface area contributed by atoms with Crippen LogP contribution in [0.5, 0.6) is 0 Å². The Morgan fingerprint density at radius 1 is 0.611 bits per heavy atom. The Hall–Kier alpha value is -4.76. The van der Waals surface area contributed by atoms with Gasteiger partial charge < -0.3 is 14.6 Å². The fraction of sp³-hybridized carbons (Fsp3) is 0.0303. The van der Waals surface area contributed by atoms with Crippen LogP contribution in [0.2, 0.25) is 0 Å². The number of hydrogen-bond acceptors (Lipinski definition) is 3. The van der Waals surface area contributed by atoms with E-state index in [1.807, 2.05) is 0 Å². The maximum Gasteiger partial charge on any atom is 0.201 e. The minimum atomic E-state index is 0.788. The summed E-state index contributed by atoms with van der Waals surface area (Å²) in [5.41, 5.74) is 7.73. The molecule has 0 fully saturated rings. The number of nitrogens with zero attached hydrogens (tertiary/aromatic N) is 1. The Kier molecular flexibility index (Phi) is 4.85. The molecule has 0 saturated carbocycles. The summed E-state index contributed by atoms with van der Waals surface area (Å²) in [6, 6.07) is 40.9. The third-order valence-corrected chi connectivity index (χ3v) is 6.86. The highest BCUT2D eigenvalue weighted by Gasteiger charge is 2.18. The molecule has 3 nitrogen and oxygen atoms in total. The first kappa shape index (κ1) is 20.6. The summed E-state index contributed by atoms with van der Waals surface area (Å²) in [5.74, 6) is 0.842. The van der Waals surface area contributed by atoms with Crippen molar-refractivity contribution in [1.82, 2.24) is 0 Å². The molecule has 1 aliphatic rings. The number of benzene rings is 5. The number of hydrogen-bond donors (Lipinski definition) is 1. The van der Waals surface area contributed by atoms with E-state index in [0.29, 0.717) is 0 Å². The zero-order chi connectivity index (χ0) is 23.9. The Bertz CT molecular complexity index is 1730. The average Bonchev–Trinajstić information content (AvgIpc) is 3.32. The van der Waals surface area contributed by atoms with Gasteiger partial charge in [-0.2, -0.15) is 0 Å². The standard InChI is InChI=1S/C33H24N2O/c1-2-7-23(8-3-1)25-12-15-27(16-13-25)35(28-17-14-24-9-4-5-10-26(24)21-28)29-18-19-32-31(22-29)30-11-6-20-34-33(30)36-32/h1-19,21-22,34H,20H2. The van der Waals surface area contributed by atoms with E-state index in [-0.39, 0.29) is 0 Å². The van der Waals surface area contributed by atoms with Crippen LogP contribution in [0, 0.1) is 0 Å². The fourth-order valence-electron chi connectivity index (χ4n) is 5.07. The second-order valence-corrected chi connectivity index (χ2v) is 9.09. The van der Waals surface area contributed by atoms with Gasteiger partial charge in [0.05, 0.1) is 0 Å². The zero-order valence-electron chi connectivity index (χ0n) is 19.7. The van der Waals surface area contributed by atoms with Gasteiger partial charge in [-0.25, -0.2) is 0 Å². The fourth-order valence-corrected chi connectivity index (χ4v) is 5.07. The van der Waals surface area contributed by atoms with E-state index in [0.717, 1.165) is 46.0 Å². The lowest BCUT2D eigenvalue weighted by atomic mass is 10.0. The number of nitrogens with one attached hydrogen (secondary N) is 1. The Morgan fingerprint density at radius 3 is 2.17 bits per heavy atom. The van der Waals surface area contributed by atoms with E-state index >= 15 is 0 Å². The summed E-state index contributed by atoms with van der Waals surface area (Å²) in [7, 11) is 0. The van der Waals surface area contributed by atoms with Gasteiger partial charge in [0, 0.05) is 34.6 Å². The smallest absolute Gasteiger partial charge is 0.201 e. The van der Waals surface area contributed by atoms with Gasteiger partial charge in [0.15, 0.2) is 0 Å². The lowest BCUT2D eigenvalue weighted by Crippen LogP contribution is -2.10. The molecule has 1 aliphatic heterocycles. The predicted octanol–water partition coefficient (Wildman–Crippen LogP) is 9.16. The molecular weight excluding hydrogens is 440 g/mol. The molecule has 0 amide bonds. The van der Waals surface area contributed by atoms with Crippen LogP contribution >= 0.6 is 0 Å². The second-order valence-electron chi connectivity index (χ2n) is 9.09. The molecule has 0 unspecified atom stereocenters. The van der Waals surface area contributed by atoms with Gasteiger partial charge in [-0.15, -0.1) is 0 Å². The third kappa shape index (κ3) is 3.53. The first-order valence-electron chi connectivity index (χ1n) is 12.2. The first-order chi connectivity index (χ1) is 17.8. The summed E-state index contributed by atoms with van der Waals surface area (Å²) < 4.78 is 6.08. The minimum Gasteiger partial charge on any atom is -0.440 e. The van der Waals surface area contributed by atoms with Gasteiger partial charge in [0.25, 0.3) is 0 Å². The lowest BCUT2D eigenvalue weighted by Gasteiger charge is -2.26. The van der Waals surface area contributed by atoms with Crippen LogP contribution in [0.15, 0.2) is 126 Å². The monoisotopic (exact) mass is 464 g/mol. The van der Waals surface area contributed by atoms with Crippen molar-refractivity contribution in [3.63, 3.8) is 0 Å². The van der Waals surface area contributed by atoms with Gasteiger partial charge in [-0.05, 0) is 64.4 Å². The highest BCUT2D eigenvalue weighted by molar-refractivity contribution is 5.97. The van der Waals surface area contributed by atoms with E-state index in [1.54, 1.807) is 0 Å². The van der Waals surface area contributed by atoms with Crippen LogP contribution in [-0.2, 0) is 0 Å². The number of fused-ring (bicyclic) bond motifs is 4. The van der Waals surface area contributed by atoms with Crippen molar-refractivity contribution in [1.29, 1.82) is 0 Å². The Morgan fingerprint density at radius 2 is 1.31 bits per heavy atom. The molecule has 0 bridgehead atoms. The molecule has 7 rings (SSSR count). The summed E-state index contributed by atoms with van der Waals surface area (Å²) in [6.45, 7) is 0.788. The number of rotatable bonds is 4. The van der Waals surface area contributed by atoms with E-state index in [9.17, 15) is 0 Å². The quantitative estimate of drug-likeness (QED) is 0.282. The van der Waals surface area contributed by atoms with E-state index in [1.165, 1.54) is 21.9 Å². The van der Waals surface area contributed by atoms with Crippen LogP contribution in [0.4, 0.5) is 22.9 Å². The normalized spacial score (nSPS) is 12.4. The molecule has 172 valence electrons. The Balaban J connectivity index is 1.39. The molecule has 5 aromatic carbocycles. The van der Waals surface area contributed by atoms with Gasteiger partial charge in [-0.3, -0.25) is 0 Å². The summed E-state index contributed by atoms with van der Waals surface area (Å²) in [5, 5.41) is 6.90. The van der Waals surface area contributed by atoms with E-state index in [2.05, 4.69) is 138 Å². The molecule has 3 heteroatoms. The predicted molar refractivity (Wildman–Crippen MR) is 151 cm³/mol. The highest BCUT2D eigenvalue weighted by Crippen LogP contribution is 2.41. The van der Waals surface area contributed by atoms with Gasteiger partial charge in [0.1, 0.15) is 5.58 Å². The molecule has 0 atom stereocenters. The van der Waals surface area contributed by atoms with Crippen LogP contribution in [-0.4, -0.2) is 6.54 Å². The SMILES string of the molecule is C1=Cc2c(oc3ccc(N(c4ccc(-c5ccccc5)cc4)c4ccc5ccccc5c4)cc23)NC1. The number of furan rings is 1. The van der Waals surface area contributed by atoms with Crippen molar-refractivity contribution >= 4 is 50.8 Å². The summed E-state index contributed by atoms with van der Waals surface area (Å²) >= 11 is 0. The van der Waals surface area contributed by atoms with Crippen LogP contribution in [0.25, 0.3) is 38.9 Å². The van der Waals surface area contributed by atoms with Crippen molar-refractivity contribution in [2.75, 3.05) is 16.8 Å². The van der Waals surface area contributed by atoms with Crippen molar-refractivity contribution in [2.24, 2.45) is 0 Å². The van der Waals surface area contributed by atoms with Gasteiger partial charge >= 0.3 is 0 Å². The molecule has 1 N–H and O–H groups in total.